The molecule has 3 fully saturated rings. The Bertz CT molecular complexity index is 1550. The molecule has 2 bridgehead atoms. The van der Waals surface area contributed by atoms with Crippen LogP contribution in [0.3, 0.4) is 0 Å². The summed E-state index contributed by atoms with van der Waals surface area (Å²) >= 11 is 0. The predicted molar refractivity (Wildman–Crippen MR) is 191 cm³/mol. The van der Waals surface area contributed by atoms with Crippen LogP contribution in [0.2, 0.25) is 0 Å². The van der Waals surface area contributed by atoms with Crippen molar-refractivity contribution in [3.8, 4) is 0 Å². The quantitative estimate of drug-likeness (QED) is 0.188. The number of esters is 1. The van der Waals surface area contributed by atoms with Gasteiger partial charge in [0.1, 0.15) is 18.2 Å². The molecule has 268 valence electrons. The van der Waals surface area contributed by atoms with E-state index >= 15 is 0 Å². The van der Waals surface area contributed by atoms with Crippen LogP contribution in [-0.4, -0.2) is 90.3 Å². The molecule has 50 heavy (non-hydrogen) atoms. The standard InChI is InChI=1S/C39H50N4O7/c1-6-10-16-32(45)49-25-30(27-14-12-11-13-15-27)40-36(46)33-31-21-22-39(50-31)34(33)37(47)43(26(5)24-44)35(39)38(48)42(23-7-2)29-19-17-28(18-20-29)41(8-3)9-4/h6-7,11-15,17-20,26,30-31,33-35,44H,1-2,8-10,16,21-25H2,3-5H3,(H,40,46)/t26-,30-,31-,33+,34+,35-,39+/m1/s1. The van der Waals surface area contributed by atoms with Gasteiger partial charge in [-0.25, -0.2) is 0 Å². The highest BCUT2D eigenvalue weighted by molar-refractivity contribution is 6.05. The van der Waals surface area contributed by atoms with Crippen molar-refractivity contribution >= 4 is 35.1 Å². The summed E-state index contributed by atoms with van der Waals surface area (Å²) in [5.41, 5.74) is 1.15. The van der Waals surface area contributed by atoms with E-state index in [1.54, 1.807) is 24.0 Å². The second-order valence-electron chi connectivity index (χ2n) is 13.2. The zero-order chi connectivity index (χ0) is 36.0. The van der Waals surface area contributed by atoms with E-state index in [4.69, 9.17) is 9.47 Å². The molecule has 2 N–H and O–H groups in total. The molecular formula is C39H50N4O7. The maximum absolute atomic E-state index is 14.8. The summed E-state index contributed by atoms with van der Waals surface area (Å²) in [7, 11) is 0. The van der Waals surface area contributed by atoms with Gasteiger partial charge >= 0.3 is 5.97 Å². The lowest BCUT2D eigenvalue weighted by molar-refractivity contribution is -0.146. The highest BCUT2D eigenvalue weighted by Gasteiger charge is 2.75. The number of ether oxygens (including phenoxy) is 2. The Balaban J connectivity index is 1.45. The monoisotopic (exact) mass is 686 g/mol. The third-order valence-electron chi connectivity index (χ3n) is 10.4. The second kappa shape index (κ2) is 16.0. The normalized spacial score (nSPS) is 24.6. The van der Waals surface area contributed by atoms with E-state index in [0.29, 0.717) is 24.9 Å². The van der Waals surface area contributed by atoms with Crippen molar-refractivity contribution in [2.75, 3.05) is 42.6 Å². The maximum Gasteiger partial charge on any atom is 0.306 e. The molecule has 2 aromatic carbocycles. The number of carbonyl (C=O) groups excluding carboxylic acids is 4. The molecule has 3 saturated heterocycles. The van der Waals surface area contributed by atoms with Crippen LogP contribution in [-0.2, 0) is 28.7 Å². The number of carbonyl (C=O) groups is 4. The third-order valence-corrected chi connectivity index (χ3v) is 10.4. The number of nitrogens with zero attached hydrogens (tertiary/aromatic N) is 3. The second-order valence-corrected chi connectivity index (χ2v) is 13.2. The van der Waals surface area contributed by atoms with Crippen LogP contribution in [0, 0.1) is 11.8 Å². The topological polar surface area (TPSA) is 129 Å². The number of allylic oxidation sites excluding steroid dienone is 1. The Kier molecular flexibility index (Phi) is 11.8. The number of aliphatic hydroxyl groups excluding tert-OH is 1. The fourth-order valence-corrected chi connectivity index (χ4v) is 7.91. The summed E-state index contributed by atoms with van der Waals surface area (Å²) in [6, 6.07) is 14.5. The minimum Gasteiger partial charge on any atom is -0.463 e. The van der Waals surface area contributed by atoms with E-state index in [-0.39, 0.29) is 32.1 Å². The van der Waals surface area contributed by atoms with Crippen LogP contribution in [0.5, 0.6) is 0 Å². The van der Waals surface area contributed by atoms with E-state index < -0.39 is 59.5 Å². The lowest BCUT2D eigenvalue weighted by Crippen LogP contribution is -2.58. The van der Waals surface area contributed by atoms with Crippen LogP contribution >= 0.6 is 0 Å². The van der Waals surface area contributed by atoms with Crippen LogP contribution in [0.1, 0.15) is 58.1 Å². The molecule has 3 aliphatic heterocycles. The molecule has 3 heterocycles. The Morgan fingerprint density at radius 2 is 1.76 bits per heavy atom. The van der Waals surface area contributed by atoms with Gasteiger partial charge in [0.05, 0.1) is 36.6 Å². The summed E-state index contributed by atoms with van der Waals surface area (Å²) in [6.45, 7) is 14.8. The first-order chi connectivity index (χ1) is 24.1. The van der Waals surface area contributed by atoms with Crippen molar-refractivity contribution in [1.29, 1.82) is 0 Å². The number of benzene rings is 2. The fraction of sp³-hybridized carbons (Fsp3) is 0.487. The van der Waals surface area contributed by atoms with Gasteiger partial charge in [-0.1, -0.05) is 42.5 Å². The number of hydrogen-bond donors (Lipinski definition) is 2. The molecule has 0 aromatic heterocycles. The molecule has 0 radical (unpaired) electrons. The van der Waals surface area contributed by atoms with E-state index in [9.17, 15) is 24.3 Å². The summed E-state index contributed by atoms with van der Waals surface area (Å²) < 4.78 is 12.2. The SMILES string of the molecule is C=CCCC(=O)OC[C@@H](NC(=O)[C@@H]1[C@H]2C(=O)N([C@H](C)CO)[C@H](C(=O)N(CC=C)c3ccc(N(CC)CC)cc3)[C@]23CC[C@H]1O3)c1ccccc1. The Morgan fingerprint density at radius 3 is 2.38 bits per heavy atom. The summed E-state index contributed by atoms with van der Waals surface area (Å²) in [6.07, 6.45) is 4.24. The van der Waals surface area contributed by atoms with Crippen LogP contribution in [0.4, 0.5) is 11.4 Å². The number of fused-ring (bicyclic) bond motifs is 1. The maximum atomic E-state index is 14.8. The molecule has 0 aliphatic carbocycles. The van der Waals surface area contributed by atoms with Crippen molar-refractivity contribution in [3.63, 3.8) is 0 Å². The Hall–Kier alpha value is -4.48. The van der Waals surface area contributed by atoms with Gasteiger partial charge in [-0.2, -0.15) is 0 Å². The van der Waals surface area contributed by atoms with Gasteiger partial charge in [0.15, 0.2) is 0 Å². The molecule has 2 aromatic rings. The average Bonchev–Trinajstić information content (AvgIpc) is 3.79. The van der Waals surface area contributed by atoms with Gasteiger partial charge in [0.25, 0.3) is 5.91 Å². The molecule has 3 aliphatic rings. The van der Waals surface area contributed by atoms with Crippen LogP contribution in [0.25, 0.3) is 0 Å². The first-order valence-electron chi connectivity index (χ1n) is 17.7. The van der Waals surface area contributed by atoms with Crippen molar-refractivity contribution in [3.05, 3.63) is 85.5 Å². The molecule has 11 nitrogen and oxygen atoms in total. The Morgan fingerprint density at radius 1 is 1.08 bits per heavy atom. The van der Waals surface area contributed by atoms with Gasteiger partial charge in [-0.15, -0.1) is 13.2 Å². The average molecular weight is 687 g/mol. The minimum absolute atomic E-state index is 0.0912. The number of anilines is 2. The predicted octanol–water partition coefficient (Wildman–Crippen LogP) is 4.17. The highest BCUT2D eigenvalue weighted by Crippen LogP contribution is 2.59. The van der Waals surface area contributed by atoms with Crippen molar-refractivity contribution in [2.24, 2.45) is 11.8 Å². The number of aliphatic hydroxyl groups is 1. The fourth-order valence-electron chi connectivity index (χ4n) is 7.91. The lowest BCUT2D eigenvalue weighted by Gasteiger charge is -2.38. The van der Waals surface area contributed by atoms with Crippen molar-refractivity contribution in [1.82, 2.24) is 10.2 Å². The van der Waals surface area contributed by atoms with Crippen LogP contribution < -0.4 is 15.1 Å². The summed E-state index contributed by atoms with van der Waals surface area (Å²) in [5.74, 6) is -3.39. The summed E-state index contributed by atoms with van der Waals surface area (Å²) in [4.78, 5) is 61.1. The number of hydrogen-bond acceptors (Lipinski definition) is 8. The highest BCUT2D eigenvalue weighted by atomic mass is 16.5. The molecule has 11 heteroatoms. The van der Waals surface area contributed by atoms with E-state index in [1.165, 1.54) is 4.90 Å². The molecule has 0 saturated carbocycles. The summed E-state index contributed by atoms with van der Waals surface area (Å²) in [5, 5.41) is 13.3. The first kappa shape index (κ1) is 36.8. The first-order valence-corrected chi connectivity index (χ1v) is 17.7. The number of nitrogens with one attached hydrogen (secondary N) is 1. The number of rotatable bonds is 17. The van der Waals surface area contributed by atoms with E-state index in [0.717, 1.165) is 24.3 Å². The van der Waals surface area contributed by atoms with E-state index in [2.05, 4.69) is 37.2 Å². The van der Waals surface area contributed by atoms with E-state index in [1.807, 2.05) is 54.6 Å². The molecule has 7 atom stereocenters. The third kappa shape index (κ3) is 6.93. The Labute approximate surface area is 294 Å². The molecule has 5 rings (SSSR count). The smallest absolute Gasteiger partial charge is 0.306 e. The molecule has 1 spiro atoms. The molecule has 3 amide bonds. The molecular weight excluding hydrogens is 636 g/mol. The van der Waals surface area contributed by atoms with Gasteiger partial charge in [-0.05, 0) is 69.9 Å². The van der Waals surface area contributed by atoms with Crippen molar-refractivity contribution in [2.45, 2.75) is 76.3 Å². The zero-order valence-electron chi connectivity index (χ0n) is 29.3. The van der Waals surface area contributed by atoms with Gasteiger partial charge in [-0.3, -0.25) is 19.2 Å². The number of amides is 3. The lowest BCUT2D eigenvalue weighted by atomic mass is 9.70. The zero-order valence-corrected chi connectivity index (χ0v) is 29.3. The van der Waals surface area contributed by atoms with Gasteiger partial charge in [0.2, 0.25) is 11.8 Å². The van der Waals surface area contributed by atoms with Crippen molar-refractivity contribution < 1.29 is 33.8 Å². The number of likely N-dealkylation sites (tertiary alicyclic amines) is 1. The van der Waals surface area contributed by atoms with Crippen LogP contribution in [0.15, 0.2) is 79.9 Å². The van der Waals surface area contributed by atoms with Gasteiger partial charge in [0, 0.05) is 37.4 Å². The largest absolute Gasteiger partial charge is 0.463 e. The minimum atomic E-state index is -1.26. The van der Waals surface area contributed by atoms with Gasteiger partial charge < -0.3 is 34.6 Å². The molecule has 0 unspecified atom stereocenters.